The molecule has 0 unspecified atom stereocenters. The summed E-state index contributed by atoms with van der Waals surface area (Å²) in [6.07, 6.45) is 6.40. The average molecular weight is 226 g/mol. The molecule has 0 bridgehead atoms. The van der Waals surface area contributed by atoms with Crippen molar-refractivity contribution in [2.75, 3.05) is 19.6 Å². The molecule has 16 heavy (non-hydrogen) atoms. The minimum atomic E-state index is -0.904. The molecule has 0 aromatic heterocycles. The van der Waals surface area contributed by atoms with Crippen LogP contribution >= 0.6 is 0 Å². The lowest BCUT2D eigenvalue weighted by atomic mass is 10.3. The van der Waals surface area contributed by atoms with Gasteiger partial charge in [0.25, 0.3) is 0 Å². The highest BCUT2D eigenvalue weighted by atomic mass is 16.4. The Kier molecular flexibility index (Phi) is 7.68. The molecular weight excluding hydrogens is 208 g/mol. The lowest BCUT2D eigenvalue weighted by Gasteiger charge is -2.20. The van der Waals surface area contributed by atoms with E-state index in [1.54, 1.807) is 0 Å². The van der Waals surface area contributed by atoms with Gasteiger partial charge >= 0.3 is 12.0 Å². The summed E-state index contributed by atoms with van der Waals surface area (Å²) in [5, 5.41) is 11.2. The number of rotatable bonds is 7. The van der Waals surface area contributed by atoms with Crippen LogP contribution in [0.15, 0.2) is 0 Å². The molecule has 0 aliphatic rings. The van der Waals surface area contributed by atoms with Gasteiger partial charge in [0.1, 0.15) is 0 Å². The summed E-state index contributed by atoms with van der Waals surface area (Å²) in [5.41, 5.74) is 0. The molecule has 0 aromatic carbocycles. The maximum absolute atomic E-state index is 11.5. The van der Waals surface area contributed by atoms with Gasteiger partial charge in [0.05, 0.1) is 6.42 Å². The monoisotopic (exact) mass is 226 g/mol. The van der Waals surface area contributed by atoms with Gasteiger partial charge in [-0.3, -0.25) is 4.79 Å². The van der Waals surface area contributed by atoms with Crippen molar-refractivity contribution in [3.8, 4) is 12.3 Å². The zero-order valence-electron chi connectivity index (χ0n) is 9.53. The van der Waals surface area contributed by atoms with Gasteiger partial charge in [-0.25, -0.2) is 4.79 Å². The Balaban J connectivity index is 3.83. The summed E-state index contributed by atoms with van der Waals surface area (Å²) in [5.74, 6) is 1.58. The van der Waals surface area contributed by atoms with Gasteiger partial charge in [-0.15, -0.1) is 12.3 Å². The quantitative estimate of drug-likeness (QED) is 0.500. The Hall–Kier alpha value is -1.70. The van der Waals surface area contributed by atoms with Gasteiger partial charge in [-0.1, -0.05) is 0 Å². The summed E-state index contributed by atoms with van der Waals surface area (Å²) in [7, 11) is 0. The molecule has 0 radical (unpaired) electrons. The first-order valence-electron chi connectivity index (χ1n) is 5.29. The number of carbonyl (C=O) groups excluding carboxylic acids is 1. The second-order valence-electron chi connectivity index (χ2n) is 3.26. The summed E-state index contributed by atoms with van der Waals surface area (Å²) >= 11 is 0. The SMILES string of the molecule is C#CCCCNC(=O)N(CC)CCC(=O)O. The highest BCUT2D eigenvalue weighted by Gasteiger charge is 2.11. The second kappa shape index (κ2) is 8.60. The maximum atomic E-state index is 11.5. The van der Waals surface area contributed by atoms with E-state index in [9.17, 15) is 9.59 Å². The summed E-state index contributed by atoms with van der Waals surface area (Å²) in [4.78, 5) is 23.3. The zero-order valence-corrected chi connectivity index (χ0v) is 9.53. The Morgan fingerprint density at radius 2 is 2.19 bits per heavy atom. The first-order valence-corrected chi connectivity index (χ1v) is 5.29. The maximum Gasteiger partial charge on any atom is 0.317 e. The topological polar surface area (TPSA) is 69.6 Å². The first kappa shape index (κ1) is 14.3. The van der Waals surface area contributed by atoms with Crippen LogP contribution in [-0.2, 0) is 4.79 Å². The van der Waals surface area contributed by atoms with Gasteiger partial charge < -0.3 is 15.3 Å². The molecule has 90 valence electrons. The number of amides is 2. The molecule has 0 aliphatic heterocycles. The number of carboxylic acids is 1. The highest BCUT2D eigenvalue weighted by molar-refractivity contribution is 5.75. The van der Waals surface area contributed by atoms with E-state index in [2.05, 4.69) is 11.2 Å². The standard InChI is InChI=1S/C11H18N2O3/c1-3-5-6-8-12-11(16)13(4-2)9-7-10(14)15/h1H,4-9H2,2H3,(H,12,16)(H,14,15). The highest BCUT2D eigenvalue weighted by Crippen LogP contribution is 1.93. The molecule has 0 fully saturated rings. The fourth-order valence-corrected chi connectivity index (χ4v) is 1.13. The first-order chi connectivity index (χ1) is 7.61. The third-order valence-electron chi connectivity index (χ3n) is 2.04. The summed E-state index contributed by atoms with van der Waals surface area (Å²) < 4.78 is 0. The molecule has 0 aromatic rings. The van der Waals surface area contributed by atoms with Crippen LogP contribution in [-0.4, -0.2) is 41.6 Å². The Morgan fingerprint density at radius 3 is 2.69 bits per heavy atom. The largest absolute Gasteiger partial charge is 0.481 e. The number of carboxylic acid groups (broad SMARTS) is 1. The van der Waals surface area contributed by atoms with Crippen molar-refractivity contribution < 1.29 is 14.7 Å². The van der Waals surface area contributed by atoms with E-state index >= 15 is 0 Å². The molecule has 0 aliphatic carbocycles. The molecule has 0 spiro atoms. The molecule has 2 amide bonds. The van der Waals surface area contributed by atoms with E-state index in [1.165, 1.54) is 4.90 Å². The molecule has 0 heterocycles. The van der Waals surface area contributed by atoms with Gasteiger partial charge in [-0.2, -0.15) is 0 Å². The van der Waals surface area contributed by atoms with Crippen molar-refractivity contribution in [1.29, 1.82) is 0 Å². The van der Waals surface area contributed by atoms with Gasteiger partial charge in [0, 0.05) is 26.1 Å². The Labute approximate surface area is 95.8 Å². The number of nitrogens with zero attached hydrogens (tertiary/aromatic N) is 1. The number of carbonyl (C=O) groups is 2. The predicted octanol–water partition coefficient (Wildman–Crippen LogP) is 0.906. The lowest BCUT2D eigenvalue weighted by Crippen LogP contribution is -2.41. The summed E-state index contributed by atoms with van der Waals surface area (Å²) in [6.45, 7) is 3.05. The minimum Gasteiger partial charge on any atom is -0.481 e. The molecule has 5 heteroatoms. The normalized spacial score (nSPS) is 9.25. The third-order valence-corrected chi connectivity index (χ3v) is 2.04. The molecule has 0 rings (SSSR count). The van der Waals surface area contributed by atoms with Crippen molar-refractivity contribution in [3.05, 3.63) is 0 Å². The van der Waals surface area contributed by atoms with Gasteiger partial charge in [0.15, 0.2) is 0 Å². The molecule has 0 saturated heterocycles. The lowest BCUT2D eigenvalue weighted by molar-refractivity contribution is -0.137. The van der Waals surface area contributed by atoms with Crippen LogP contribution in [0.4, 0.5) is 4.79 Å². The fraction of sp³-hybridized carbons (Fsp3) is 0.636. The number of urea groups is 1. The third kappa shape index (κ3) is 6.71. The number of nitrogens with one attached hydrogen (secondary N) is 1. The van der Waals surface area contributed by atoms with Crippen molar-refractivity contribution in [2.24, 2.45) is 0 Å². The fourth-order valence-electron chi connectivity index (χ4n) is 1.13. The Bertz CT molecular complexity index is 271. The second-order valence-corrected chi connectivity index (χ2v) is 3.26. The minimum absolute atomic E-state index is 0.0361. The zero-order chi connectivity index (χ0) is 12.4. The van der Waals surface area contributed by atoms with Crippen LogP contribution in [0.2, 0.25) is 0 Å². The van der Waals surface area contributed by atoms with E-state index in [1.807, 2.05) is 6.92 Å². The van der Waals surface area contributed by atoms with Crippen LogP contribution in [0.3, 0.4) is 0 Å². The average Bonchev–Trinajstić information content (AvgIpc) is 2.25. The smallest absolute Gasteiger partial charge is 0.317 e. The molecule has 2 N–H and O–H groups in total. The molecule has 0 atom stereocenters. The van der Waals surface area contributed by atoms with Crippen LogP contribution in [0.5, 0.6) is 0 Å². The van der Waals surface area contributed by atoms with Crippen molar-refractivity contribution in [3.63, 3.8) is 0 Å². The number of hydrogen-bond donors (Lipinski definition) is 2. The Morgan fingerprint density at radius 1 is 1.50 bits per heavy atom. The molecular formula is C11H18N2O3. The van der Waals surface area contributed by atoms with Crippen LogP contribution in [0.1, 0.15) is 26.2 Å². The predicted molar refractivity (Wildman–Crippen MR) is 61.0 cm³/mol. The van der Waals surface area contributed by atoms with Gasteiger partial charge in [0.2, 0.25) is 0 Å². The number of aliphatic carboxylic acids is 1. The van der Waals surface area contributed by atoms with Crippen molar-refractivity contribution in [1.82, 2.24) is 10.2 Å². The van der Waals surface area contributed by atoms with Gasteiger partial charge in [-0.05, 0) is 13.3 Å². The van der Waals surface area contributed by atoms with Crippen LogP contribution < -0.4 is 5.32 Å². The van der Waals surface area contributed by atoms with Crippen LogP contribution in [0, 0.1) is 12.3 Å². The number of hydrogen-bond acceptors (Lipinski definition) is 2. The van der Waals surface area contributed by atoms with E-state index in [-0.39, 0.29) is 19.0 Å². The summed E-state index contributed by atoms with van der Waals surface area (Å²) in [6, 6.07) is -0.235. The van der Waals surface area contributed by atoms with E-state index in [0.717, 1.165) is 6.42 Å². The van der Waals surface area contributed by atoms with E-state index in [0.29, 0.717) is 19.5 Å². The molecule has 5 nitrogen and oxygen atoms in total. The number of terminal acetylenes is 1. The van der Waals surface area contributed by atoms with Crippen LogP contribution in [0.25, 0.3) is 0 Å². The van der Waals surface area contributed by atoms with E-state index < -0.39 is 5.97 Å². The molecule has 0 saturated carbocycles. The van der Waals surface area contributed by atoms with E-state index in [4.69, 9.17) is 11.5 Å². The number of unbranched alkanes of at least 4 members (excludes halogenated alkanes) is 1. The van der Waals surface area contributed by atoms with Crippen molar-refractivity contribution in [2.45, 2.75) is 26.2 Å². The van der Waals surface area contributed by atoms with Crippen molar-refractivity contribution >= 4 is 12.0 Å².